The first-order chi connectivity index (χ1) is 8.66. The van der Waals surface area contributed by atoms with E-state index in [2.05, 4.69) is 55.3 Å². The number of pyridine rings is 1. The minimum absolute atomic E-state index is 0.891. The van der Waals surface area contributed by atoms with Gasteiger partial charge < -0.3 is 5.32 Å². The van der Waals surface area contributed by atoms with Crippen molar-refractivity contribution < 1.29 is 0 Å². The van der Waals surface area contributed by atoms with Crippen LogP contribution < -0.4 is 5.32 Å². The first-order valence-electron chi connectivity index (χ1n) is 6.33. The van der Waals surface area contributed by atoms with Gasteiger partial charge >= 0.3 is 0 Å². The molecule has 0 bridgehead atoms. The highest BCUT2D eigenvalue weighted by Crippen LogP contribution is 2.11. The van der Waals surface area contributed by atoms with E-state index >= 15 is 0 Å². The lowest BCUT2D eigenvalue weighted by Gasteiger charge is -2.10. The van der Waals surface area contributed by atoms with Gasteiger partial charge in [-0.2, -0.15) is 0 Å². The highest BCUT2D eigenvalue weighted by atomic mass is 14.8. The van der Waals surface area contributed by atoms with E-state index in [1.54, 1.807) is 0 Å². The molecule has 0 amide bonds. The molecule has 2 nitrogen and oxygen atoms in total. The fourth-order valence-electron chi connectivity index (χ4n) is 2.08. The molecule has 0 saturated carbocycles. The summed E-state index contributed by atoms with van der Waals surface area (Å²) in [5.74, 6) is 0. The van der Waals surface area contributed by atoms with Crippen LogP contribution in [0.2, 0.25) is 0 Å². The number of rotatable bonds is 4. The summed E-state index contributed by atoms with van der Waals surface area (Å²) in [6.07, 6.45) is 3.76. The molecule has 0 radical (unpaired) electrons. The molecule has 2 rings (SSSR count). The largest absolute Gasteiger partial charge is 0.309 e. The molecule has 0 aliphatic heterocycles. The summed E-state index contributed by atoms with van der Waals surface area (Å²) in [4.78, 5) is 4.11. The van der Waals surface area contributed by atoms with Crippen LogP contribution in [0.15, 0.2) is 36.7 Å². The fourth-order valence-corrected chi connectivity index (χ4v) is 2.08. The SMILES string of the molecule is Cc1ccc(CNCc2ccncc2C)c(C)c1. The first-order valence-corrected chi connectivity index (χ1v) is 6.33. The van der Waals surface area contributed by atoms with Gasteiger partial charge in [0.05, 0.1) is 0 Å². The van der Waals surface area contributed by atoms with Gasteiger partial charge in [0, 0.05) is 25.5 Å². The maximum absolute atomic E-state index is 4.11. The van der Waals surface area contributed by atoms with Crippen LogP contribution in [0.5, 0.6) is 0 Å². The molecule has 1 aromatic carbocycles. The minimum Gasteiger partial charge on any atom is -0.309 e. The van der Waals surface area contributed by atoms with Crippen molar-refractivity contribution in [3.8, 4) is 0 Å². The van der Waals surface area contributed by atoms with Crippen LogP contribution in [0.3, 0.4) is 0 Å². The maximum Gasteiger partial charge on any atom is 0.0300 e. The average molecular weight is 240 g/mol. The summed E-state index contributed by atoms with van der Waals surface area (Å²) in [6, 6.07) is 8.68. The number of nitrogens with one attached hydrogen (secondary N) is 1. The first kappa shape index (κ1) is 12.8. The molecule has 1 heterocycles. The molecule has 2 aromatic rings. The van der Waals surface area contributed by atoms with Crippen LogP contribution >= 0.6 is 0 Å². The van der Waals surface area contributed by atoms with Gasteiger partial charge in [-0.1, -0.05) is 23.8 Å². The second-order valence-corrected chi connectivity index (χ2v) is 4.84. The molecule has 0 saturated heterocycles. The van der Waals surface area contributed by atoms with Crippen LogP contribution in [0.25, 0.3) is 0 Å². The Hall–Kier alpha value is -1.67. The summed E-state index contributed by atoms with van der Waals surface area (Å²) in [7, 11) is 0. The Morgan fingerprint density at radius 2 is 1.67 bits per heavy atom. The zero-order valence-electron chi connectivity index (χ0n) is 11.3. The summed E-state index contributed by atoms with van der Waals surface area (Å²) in [5, 5.41) is 3.49. The molecular weight excluding hydrogens is 220 g/mol. The van der Waals surface area contributed by atoms with Gasteiger partial charge in [-0.25, -0.2) is 0 Å². The van der Waals surface area contributed by atoms with Crippen molar-refractivity contribution in [1.82, 2.24) is 10.3 Å². The third-order valence-electron chi connectivity index (χ3n) is 3.27. The van der Waals surface area contributed by atoms with Crippen LogP contribution in [0.4, 0.5) is 0 Å². The number of hydrogen-bond acceptors (Lipinski definition) is 2. The Morgan fingerprint density at radius 1 is 0.944 bits per heavy atom. The molecule has 0 aliphatic rings. The van der Waals surface area contributed by atoms with Crippen LogP contribution in [0.1, 0.15) is 27.8 Å². The van der Waals surface area contributed by atoms with Crippen molar-refractivity contribution in [2.24, 2.45) is 0 Å². The zero-order chi connectivity index (χ0) is 13.0. The van der Waals surface area contributed by atoms with E-state index in [0.717, 1.165) is 13.1 Å². The Bertz CT molecular complexity index is 532. The molecule has 18 heavy (non-hydrogen) atoms. The van der Waals surface area contributed by atoms with Gasteiger partial charge in [0.25, 0.3) is 0 Å². The van der Waals surface area contributed by atoms with Crippen LogP contribution in [-0.4, -0.2) is 4.98 Å². The lowest BCUT2D eigenvalue weighted by molar-refractivity contribution is 0.687. The summed E-state index contributed by atoms with van der Waals surface area (Å²) < 4.78 is 0. The van der Waals surface area contributed by atoms with E-state index in [9.17, 15) is 0 Å². The molecule has 0 unspecified atom stereocenters. The van der Waals surface area contributed by atoms with Crippen molar-refractivity contribution in [1.29, 1.82) is 0 Å². The van der Waals surface area contributed by atoms with Gasteiger partial charge in [0.2, 0.25) is 0 Å². The maximum atomic E-state index is 4.11. The topological polar surface area (TPSA) is 24.9 Å². The zero-order valence-corrected chi connectivity index (χ0v) is 11.3. The monoisotopic (exact) mass is 240 g/mol. The number of aromatic nitrogens is 1. The van der Waals surface area contributed by atoms with Crippen molar-refractivity contribution in [2.45, 2.75) is 33.9 Å². The molecule has 1 aromatic heterocycles. The second kappa shape index (κ2) is 5.78. The number of hydrogen-bond donors (Lipinski definition) is 1. The smallest absolute Gasteiger partial charge is 0.0300 e. The molecule has 94 valence electrons. The Kier molecular flexibility index (Phi) is 4.11. The fraction of sp³-hybridized carbons (Fsp3) is 0.312. The van der Waals surface area contributed by atoms with E-state index in [4.69, 9.17) is 0 Å². The van der Waals surface area contributed by atoms with E-state index in [1.807, 2.05) is 12.4 Å². The van der Waals surface area contributed by atoms with Crippen molar-refractivity contribution in [3.63, 3.8) is 0 Å². The van der Waals surface area contributed by atoms with Crippen molar-refractivity contribution >= 4 is 0 Å². The van der Waals surface area contributed by atoms with E-state index in [0.29, 0.717) is 0 Å². The quantitative estimate of drug-likeness (QED) is 0.887. The van der Waals surface area contributed by atoms with E-state index in [-0.39, 0.29) is 0 Å². The van der Waals surface area contributed by atoms with Crippen LogP contribution in [0, 0.1) is 20.8 Å². The van der Waals surface area contributed by atoms with E-state index < -0.39 is 0 Å². The Morgan fingerprint density at radius 3 is 2.33 bits per heavy atom. The third kappa shape index (κ3) is 3.17. The second-order valence-electron chi connectivity index (χ2n) is 4.84. The Labute approximate surface area is 109 Å². The standard InChI is InChI=1S/C16H20N2/c1-12-4-5-15(13(2)8-12)10-18-11-16-6-7-17-9-14(16)3/h4-9,18H,10-11H2,1-3H3. The highest BCUT2D eigenvalue weighted by Gasteiger charge is 2.00. The predicted octanol–water partition coefficient (Wildman–Crippen LogP) is 3.30. The predicted molar refractivity (Wildman–Crippen MR) is 75.4 cm³/mol. The van der Waals surface area contributed by atoms with Gasteiger partial charge in [0.15, 0.2) is 0 Å². The number of nitrogens with zero attached hydrogens (tertiary/aromatic N) is 1. The summed E-state index contributed by atoms with van der Waals surface area (Å²) >= 11 is 0. The van der Waals surface area contributed by atoms with Gasteiger partial charge in [-0.15, -0.1) is 0 Å². The lowest BCUT2D eigenvalue weighted by atomic mass is 10.1. The Balaban J connectivity index is 1.95. The summed E-state index contributed by atoms with van der Waals surface area (Å²) in [6.45, 7) is 8.20. The highest BCUT2D eigenvalue weighted by molar-refractivity contribution is 5.30. The number of benzene rings is 1. The van der Waals surface area contributed by atoms with Gasteiger partial charge in [0.1, 0.15) is 0 Å². The van der Waals surface area contributed by atoms with Gasteiger partial charge in [-0.3, -0.25) is 4.98 Å². The minimum atomic E-state index is 0.891. The van der Waals surface area contributed by atoms with Crippen molar-refractivity contribution in [2.75, 3.05) is 0 Å². The molecule has 0 aliphatic carbocycles. The molecule has 0 fully saturated rings. The average Bonchev–Trinajstić information content (AvgIpc) is 2.34. The molecule has 2 heteroatoms. The molecule has 0 spiro atoms. The van der Waals surface area contributed by atoms with E-state index in [1.165, 1.54) is 27.8 Å². The molecule has 1 N–H and O–H groups in total. The molecular formula is C16H20N2. The number of aryl methyl sites for hydroxylation is 3. The lowest BCUT2D eigenvalue weighted by Crippen LogP contribution is -2.14. The van der Waals surface area contributed by atoms with Crippen molar-refractivity contribution in [3.05, 3.63) is 64.5 Å². The summed E-state index contributed by atoms with van der Waals surface area (Å²) in [5.41, 5.74) is 6.60. The van der Waals surface area contributed by atoms with Crippen LogP contribution in [-0.2, 0) is 13.1 Å². The molecule has 0 atom stereocenters. The van der Waals surface area contributed by atoms with Gasteiger partial charge in [-0.05, 0) is 49.1 Å². The normalized spacial score (nSPS) is 10.6. The third-order valence-corrected chi connectivity index (χ3v) is 3.27.